The van der Waals surface area contributed by atoms with E-state index < -0.39 is 0 Å². The van der Waals surface area contributed by atoms with Crippen LogP contribution in [0.15, 0.2) is 48.5 Å². The summed E-state index contributed by atoms with van der Waals surface area (Å²) in [5.41, 5.74) is 8.05. The van der Waals surface area contributed by atoms with Gasteiger partial charge in [-0.05, 0) is 48.2 Å². The second kappa shape index (κ2) is 5.55. The summed E-state index contributed by atoms with van der Waals surface area (Å²) in [5.74, 6) is 1.18. The molecule has 2 aromatic rings. The maximum absolute atomic E-state index is 9.49. The van der Waals surface area contributed by atoms with Gasteiger partial charge in [0, 0.05) is 6.04 Å². The molecule has 4 heteroatoms. The number of benzene rings is 2. The highest BCUT2D eigenvalue weighted by atomic mass is 16.5. The highest BCUT2D eigenvalue weighted by Gasteiger charge is 2.42. The maximum atomic E-state index is 9.49. The second-order valence-electron chi connectivity index (χ2n) is 6.62. The number of ether oxygens (including phenoxy) is 2. The van der Waals surface area contributed by atoms with Crippen LogP contribution in [0.3, 0.4) is 0 Å². The molecule has 0 amide bonds. The summed E-state index contributed by atoms with van der Waals surface area (Å²) >= 11 is 0. The van der Waals surface area contributed by atoms with Gasteiger partial charge in [-0.2, -0.15) is 0 Å². The van der Waals surface area contributed by atoms with E-state index in [4.69, 9.17) is 15.2 Å². The molecule has 120 valence electrons. The highest BCUT2D eigenvalue weighted by Crippen LogP contribution is 2.40. The first-order valence-electron chi connectivity index (χ1n) is 8.06. The molecule has 1 aliphatic heterocycles. The van der Waals surface area contributed by atoms with Crippen molar-refractivity contribution >= 4 is 0 Å². The van der Waals surface area contributed by atoms with E-state index in [1.54, 1.807) is 12.1 Å². The van der Waals surface area contributed by atoms with Crippen LogP contribution < -0.4 is 10.5 Å². The lowest BCUT2D eigenvalue weighted by Crippen LogP contribution is -2.47. The van der Waals surface area contributed by atoms with E-state index >= 15 is 0 Å². The molecule has 0 radical (unpaired) electrons. The Balaban J connectivity index is 1.55. The monoisotopic (exact) mass is 311 g/mol. The van der Waals surface area contributed by atoms with Gasteiger partial charge < -0.3 is 20.3 Å². The summed E-state index contributed by atoms with van der Waals surface area (Å²) in [7, 11) is 0. The molecule has 2 fully saturated rings. The zero-order valence-corrected chi connectivity index (χ0v) is 12.9. The molecule has 1 saturated heterocycles. The number of hydrogen-bond donors (Lipinski definition) is 2. The molecule has 1 aliphatic carbocycles. The fourth-order valence-corrected chi connectivity index (χ4v) is 3.33. The van der Waals surface area contributed by atoms with Crippen LogP contribution in [0.1, 0.15) is 24.0 Å². The molecule has 0 bridgehead atoms. The zero-order valence-electron chi connectivity index (χ0n) is 12.9. The Hall–Kier alpha value is -2.04. The van der Waals surface area contributed by atoms with Gasteiger partial charge in [0.05, 0.1) is 18.6 Å². The van der Waals surface area contributed by atoms with Crippen molar-refractivity contribution < 1.29 is 14.6 Å². The average molecular weight is 311 g/mol. The Morgan fingerprint density at radius 3 is 2.00 bits per heavy atom. The van der Waals surface area contributed by atoms with Gasteiger partial charge in [-0.15, -0.1) is 0 Å². The Bertz CT molecular complexity index is 671. The van der Waals surface area contributed by atoms with Crippen molar-refractivity contribution in [3.63, 3.8) is 0 Å². The molecule has 0 atom stereocenters. The molecule has 3 N–H and O–H groups in total. The summed E-state index contributed by atoms with van der Waals surface area (Å²) in [4.78, 5) is 0. The van der Waals surface area contributed by atoms with Crippen LogP contribution >= 0.6 is 0 Å². The van der Waals surface area contributed by atoms with E-state index in [0.29, 0.717) is 19.3 Å². The first kappa shape index (κ1) is 14.5. The van der Waals surface area contributed by atoms with Crippen molar-refractivity contribution in [1.29, 1.82) is 0 Å². The van der Waals surface area contributed by atoms with Gasteiger partial charge in [-0.3, -0.25) is 0 Å². The van der Waals surface area contributed by atoms with E-state index in [9.17, 15) is 5.11 Å². The quantitative estimate of drug-likeness (QED) is 0.911. The minimum atomic E-state index is -0.120. The van der Waals surface area contributed by atoms with Crippen LogP contribution in [0.2, 0.25) is 0 Å². The number of nitrogens with two attached hydrogens (primary N) is 1. The number of hydrogen-bond acceptors (Lipinski definition) is 4. The summed E-state index contributed by atoms with van der Waals surface area (Å²) in [5, 5.41) is 9.49. The minimum absolute atomic E-state index is 0.120. The highest BCUT2D eigenvalue weighted by molar-refractivity contribution is 5.45. The van der Waals surface area contributed by atoms with Gasteiger partial charge >= 0.3 is 0 Å². The number of rotatable bonds is 4. The second-order valence-corrected chi connectivity index (χ2v) is 6.62. The molecule has 4 nitrogen and oxygen atoms in total. The van der Waals surface area contributed by atoms with E-state index in [-0.39, 0.29) is 17.3 Å². The van der Waals surface area contributed by atoms with Gasteiger partial charge in [0.25, 0.3) is 0 Å². The molecule has 0 aromatic heterocycles. The molecular formula is C19H21NO3. The lowest BCUT2D eigenvalue weighted by atomic mass is 9.73. The van der Waals surface area contributed by atoms with E-state index in [1.807, 2.05) is 24.3 Å². The molecule has 1 heterocycles. The Morgan fingerprint density at radius 2 is 1.52 bits per heavy atom. The van der Waals surface area contributed by atoms with Crippen molar-refractivity contribution in [2.75, 3.05) is 13.2 Å². The predicted octanol–water partition coefficient (Wildman–Crippen LogP) is 2.58. The number of phenolic OH excluding ortho intramolecular Hbond substituents is 1. The van der Waals surface area contributed by atoms with Gasteiger partial charge in [0.1, 0.15) is 17.6 Å². The van der Waals surface area contributed by atoms with Crippen molar-refractivity contribution in [2.45, 2.75) is 30.4 Å². The van der Waals surface area contributed by atoms with Crippen molar-refractivity contribution in [1.82, 2.24) is 0 Å². The van der Waals surface area contributed by atoms with Crippen LogP contribution in [-0.4, -0.2) is 30.5 Å². The molecule has 0 unspecified atom stereocenters. The maximum Gasteiger partial charge on any atom is 0.119 e. The van der Waals surface area contributed by atoms with Crippen LogP contribution in [0.4, 0.5) is 0 Å². The van der Waals surface area contributed by atoms with Gasteiger partial charge in [0.15, 0.2) is 0 Å². The van der Waals surface area contributed by atoms with Crippen LogP contribution in [0, 0.1) is 0 Å². The van der Waals surface area contributed by atoms with Gasteiger partial charge in [0.2, 0.25) is 0 Å². The van der Waals surface area contributed by atoms with Crippen LogP contribution in [0.5, 0.6) is 11.5 Å². The topological polar surface area (TPSA) is 64.7 Å². The molecule has 2 aromatic carbocycles. The lowest BCUT2D eigenvalue weighted by Gasteiger charge is -2.42. The first-order valence-corrected chi connectivity index (χ1v) is 8.06. The Labute approximate surface area is 135 Å². The molecular weight excluding hydrogens is 290 g/mol. The fraction of sp³-hybridized carbons (Fsp3) is 0.368. The van der Waals surface area contributed by atoms with Crippen molar-refractivity contribution in [3.8, 4) is 11.5 Å². The molecule has 4 rings (SSSR count). The third-order valence-electron chi connectivity index (χ3n) is 4.96. The Morgan fingerprint density at radius 1 is 0.957 bits per heavy atom. The lowest BCUT2D eigenvalue weighted by molar-refractivity contribution is -0.0380. The summed E-state index contributed by atoms with van der Waals surface area (Å²) in [6.07, 6.45) is 2.13. The molecule has 23 heavy (non-hydrogen) atoms. The third-order valence-corrected chi connectivity index (χ3v) is 4.96. The number of phenols is 1. The summed E-state index contributed by atoms with van der Waals surface area (Å²) < 4.78 is 11.4. The molecule has 1 saturated carbocycles. The normalized spacial score (nSPS) is 25.3. The molecule has 0 spiro atoms. The SMILES string of the molecule is NC1CC(Oc2ccc(C3(c4ccc(O)cc4)COC3)cc2)C1. The van der Waals surface area contributed by atoms with Gasteiger partial charge in [-0.1, -0.05) is 24.3 Å². The van der Waals surface area contributed by atoms with E-state index in [0.717, 1.165) is 18.6 Å². The predicted molar refractivity (Wildman–Crippen MR) is 87.8 cm³/mol. The van der Waals surface area contributed by atoms with Crippen LogP contribution in [-0.2, 0) is 10.2 Å². The smallest absolute Gasteiger partial charge is 0.119 e. The summed E-state index contributed by atoms with van der Waals surface area (Å²) in [6, 6.07) is 16.0. The Kier molecular flexibility index (Phi) is 3.51. The van der Waals surface area contributed by atoms with Crippen LogP contribution in [0.25, 0.3) is 0 Å². The van der Waals surface area contributed by atoms with Crippen molar-refractivity contribution in [2.24, 2.45) is 5.73 Å². The van der Waals surface area contributed by atoms with E-state index in [1.165, 1.54) is 11.1 Å². The zero-order chi connectivity index (χ0) is 15.9. The fourth-order valence-electron chi connectivity index (χ4n) is 3.33. The average Bonchev–Trinajstić information content (AvgIpc) is 2.48. The van der Waals surface area contributed by atoms with Gasteiger partial charge in [-0.25, -0.2) is 0 Å². The first-order chi connectivity index (χ1) is 11.2. The minimum Gasteiger partial charge on any atom is -0.508 e. The van der Waals surface area contributed by atoms with Crippen molar-refractivity contribution in [3.05, 3.63) is 59.7 Å². The standard InChI is InChI=1S/C19H21NO3/c20-15-9-18(10-15)23-17-7-3-14(4-8-17)19(11-22-12-19)13-1-5-16(21)6-2-13/h1-8,15,18,21H,9-12,20H2. The summed E-state index contributed by atoms with van der Waals surface area (Å²) in [6.45, 7) is 1.32. The third kappa shape index (κ3) is 2.58. The number of aromatic hydroxyl groups is 1. The largest absolute Gasteiger partial charge is 0.508 e. The van der Waals surface area contributed by atoms with E-state index in [2.05, 4.69) is 12.1 Å². The molecule has 2 aliphatic rings.